The van der Waals surface area contributed by atoms with Gasteiger partial charge >= 0.3 is 0 Å². The molecule has 1 aliphatic carbocycles. The van der Waals surface area contributed by atoms with Crippen LogP contribution in [0.15, 0.2) is 0 Å². The molecule has 2 N–H and O–H groups in total. The minimum Gasteiger partial charge on any atom is -0.390 e. The first-order valence-electron chi connectivity index (χ1n) is 7.21. The van der Waals surface area contributed by atoms with Crippen molar-refractivity contribution in [1.29, 1.82) is 0 Å². The summed E-state index contributed by atoms with van der Waals surface area (Å²) in [6.07, 6.45) is 5.51. The lowest BCUT2D eigenvalue weighted by Gasteiger charge is -2.41. The van der Waals surface area contributed by atoms with Gasteiger partial charge in [-0.05, 0) is 12.8 Å². The number of β-amino-alcohol motifs (C(OH)–C–C–N with tert-alkyl or cyclic N) is 1. The first-order chi connectivity index (χ1) is 8.34. The third kappa shape index (κ3) is 2.50. The van der Waals surface area contributed by atoms with Crippen LogP contribution in [-0.4, -0.2) is 72.4 Å². The molecule has 0 aromatic heterocycles. The van der Waals surface area contributed by atoms with E-state index in [0.717, 1.165) is 32.2 Å². The molecule has 0 aromatic carbocycles. The number of hydrogen-bond acceptors (Lipinski definition) is 4. The van der Waals surface area contributed by atoms with Crippen LogP contribution in [0.2, 0.25) is 0 Å². The Bertz CT molecular complexity index is 247. The number of piperazine rings is 1. The fourth-order valence-corrected chi connectivity index (χ4v) is 3.73. The smallest absolute Gasteiger partial charge is 0.0831 e. The van der Waals surface area contributed by atoms with Crippen molar-refractivity contribution >= 4 is 0 Å². The molecule has 0 amide bonds. The fourth-order valence-electron chi connectivity index (χ4n) is 3.73. The molecule has 98 valence electrons. The zero-order valence-corrected chi connectivity index (χ0v) is 10.6. The second-order valence-corrected chi connectivity index (χ2v) is 5.80. The molecule has 4 nitrogen and oxygen atoms in total. The number of nitrogens with zero attached hydrogens (tertiary/aromatic N) is 2. The van der Waals surface area contributed by atoms with Crippen LogP contribution in [-0.2, 0) is 0 Å². The van der Waals surface area contributed by atoms with E-state index >= 15 is 0 Å². The Morgan fingerprint density at radius 2 is 1.53 bits per heavy atom. The Morgan fingerprint density at radius 3 is 2.12 bits per heavy atom. The van der Waals surface area contributed by atoms with E-state index in [1.54, 1.807) is 0 Å². The van der Waals surface area contributed by atoms with Crippen LogP contribution >= 0.6 is 0 Å². The van der Waals surface area contributed by atoms with Crippen LogP contribution in [0.5, 0.6) is 0 Å². The molecule has 2 aliphatic heterocycles. The van der Waals surface area contributed by atoms with E-state index in [-0.39, 0.29) is 6.10 Å². The molecule has 3 fully saturated rings. The van der Waals surface area contributed by atoms with Gasteiger partial charge in [0, 0.05) is 51.4 Å². The van der Waals surface area contributed by atoms with Crippen LogP contribution in [0, 0.1) is 0 Å². The highest BCUT2D eigenvalue weighted by Crippen LogP contribution is 2.25. The first kappa shape index (κ1) is 11.9. The Kier molecular flexibility index (Phi) is 3.66. The van der Waals surface area contributed by atoms with Gasteiger partial charge in [-0.15, -0.1) is 0 Å². The molecule has 0 aromatic rings. The van der Waals surface area contributed by atoms with E-state index in [2.05, 4.69) is 15.1 Å². The van der Waals surface area contributed by atoms with E-state index in [0.29, 0.717) is 6.04 Å². The lowest BCUT2D eigenvalue weighted by molar-refractivity contribution is 0.0320. The summed E-state index contributed by atoms with van der Waals surface area (Å²) in [4.78, 5) is 5.16. The van der Waals surface area contributed by atoms with Gasteiger partial charge in [-0.25, -0.2) is 0 Å². The SMILES string of the molecule is OC1CNCC1N1CCN(C2CCCC2)CC1. The monoisotopic (exact) mass is 239 g/mol. The molecule has 2 atom stereocenters. The minimum atomic E-state index is -0.159. The van der Waals surface area contributed by atoms with Gasteiger partial charge < -0.3 is 10.4 Å². The highest BCUT2D eigenvalue weighted by atomic mass is 16.3. The number of rotatable bonds is 2. The van der Waals surface area contributed by atoms with Crippen molar-refractivity contribution < 1.29 is 5.11 Å². The lowest BCUT2D eigenvalue weighted by atomic mass is 10.1. The van der Waals surface area contributed by atoms with Gasteiger partial charge in [-0.2, -0.15) is 0 Å². The zero-order chi connectivity index (χ0) is 11.7. The molecule has 3 rings (SSSR count). The molecule has 3 aliphatic rings. The van der Waals surface area contributed by atoms with E-state index in [1.165, 1.54) is 38.8 Å². The van der Waals surface area contributed by atoms with E-state index < -0.39 is 0 Å². The molecule has 1 saturated carbocycles. The molecule has 0 spiro atoms. The van der Waals surface area contributed by atoms with Crippen molar-refractivity contribution in [2.24, 2.45) is 0 Å². The number of hydrogen-bond donors (Lipinski definition) is 2. The van der Waals surface area contributed by atoms with E-state index in [9.17, 15) is 5.11 Å². The maximum Gasteiger partial charge on any atom is 0.0831 e. The fraction of sp³-hybridized carbons (Fsp3) is 1.00. The van der Waals surface area contributed by atoms with Gasteiger partial charge in [0.15, 0.2) is 0 Å². The highest BCUT2D eigenvalue weighted by Gasteiger charge is 2.34. The number of aliphatic hydroxyl groups is 1. The summed E-state index contributed by atoms with van der Waals surface area (Å²) in [6, 6.07) is 1.23. The van der Waals surface area contributed by atoms with Crippen LogP contribution in [0.4, 0.5) is 0 Å². The Balaban J connectivity index is 1.49. The quantitative estimate of drug-likeness (QED) is 0.705. The molecule has 2 saturated heterocycles. The summed E-state index contributed by atoms with van der Waals surface area (Å²) < 4.78 is 0. The van der Waals surface area contributed by atoms with Gasteiger partial charge in [0.05, 0.1) is 6.10 Å². The maximum atomic E-state index is 9.90. The highest BCUT2D eigenvalue weighted by molar-refractivity contribution is 4.91. The summed E-state index contributed by atoms with van der Waals surface area (Å²) in [7, 11) is 0. The molecule has 4 heteroatoms. The predicted octanol–water partition coefficient (Wildman–Crippen LogP) is -0.121. The van der Waals surface area contributed by atoms with Gasteiger partial charge in [-0.1, -0.05) is 12.8 Å². The molecule has 0 radical (unpaired) electrons. The van der Waals surface area contributed by atoms with Crippen molar-refractivity contribution in [3.05, 3.63) is 0 Å². The van der Waals surface area contributed by atoms with E-state index in [4.69, 9.17) is 0 Å². The van der Waals surface area contributed by atoms with Crippen LogP contribution < -0.4 is 5.32 Å². The van der Waals surface area contributed by atoms with Gasteiger partial charge in [-0.3, -0.25) is 9.80 Å². The summed E-state index contributed by atoms with van der Waals surface area (Å²) >= 11 is 0. The Morgan fingerprint density at radius 1 is 0.882 bits per heavy atom. The molecule has 2 heterocycles. The van der Waals surface area contributed by atoms with Gasteiger partial charge in [0.25, 0.3) is 0 Å². The first-order valence-corrected chi connectivity index (χ1v) is 7.21. The van der Waals surface area contributed by atoms with Crippen LogP contribution in [0.25, 0.3) is 0 Å². The minimum absolute atomic E-state index is 0.159. The molecule has 0 bridgehead atoms. The topological polar surface area (TPSA) is 38.7 Å². The number of aliphatic hydroxyl groups excluding tert-OH is 1. The second-order valence-electron chi connectivity index (χ2n) is 5.80. The van der Waals surface area contributed by atoms with Crippen molar-refractivity contribution in [2.45, 2.75) is 43.9 Å². The maximum absolute atomic E-state index is 9.90. The zero-order valence-electron chi connectivity index (χ0n) is 10.6. The normalized spacial score (nSPS) is 37.9. The lowest BCUT2D eigenvalue weighted by Crippen LogP contribution is -2.55. The Labute approximate surface area is 104 Å². The largest absolute Gasteiger partial charge is 0.390 e. The second kappa shape index (κ2) is 5.22. The standard InChI is InChI=1S/C13H25N3O/c17-13-10-14-9-12(13)16-7-5-15(6-8-16)11-3-1-2-4-11/h11-14,17H,1-10H2. The van der Waals surface area contributed by atoms with Crippen molar-refractivity contribution in [3.8, 4) is 0 Å². The summed E-state index contributed by atoms with van der Waals surface area (Å²) in [5.74, 6) is 0. The third-order valence-corrected chi connectivity index (χ3v) is 4.81. The third-order valence-electron chi connectivity index (χ3n) is 4.81. The van der Waals surface area contributed by atoms with E-state index in [1.807, 2.05) is 0 Å². The van der Waals surface area contributed by atoms with Gasteiger partial charge in [0.1, 0.15) is 0 Å². The average molecular weight is 239 g/mol. The summed E-state index contributed by atoms with van der Waals surface area (Å²) in [5, 5.41) is 13.2. The summed E-state index contributed by atoms with van der Waals surface area (Å²) in [6.45, 7) is 6.42. The molecular formula is C13H25N3O. The molecule has 2 unspecified atom stereocenters. The van der Waals surface area contributed by atoms with Crippen molar-refractivity contribution in [3.63, 3.8) is 0 Å². The molecular weight excluding hydrogens is 214 g/mol. The predicted molar refractivity (Wildman–Crippen MR) is 68.1 cm³/mol. The van der Waals surface area contributed by atoms with Crippen molar-refractivity contribution in [1.82, 2.24) is 15.1 Å². The summed E-state index contributed by atoms with van der Waals surface area (Å²) in [5.41, 5.74) is 0. The Hall–Kier alpha value is -0.160. The van der Waals surface area contributed by atoms with Crippen LogP contribution in [0.1, 0.15) is 25.7 Å². The molecule has 17 heavy (non-hydrogen) atoms. The number of nitrogens with one attached hydrogen (secondary N) is 1. The van der Waals surface area contributed by atoms with Crippen molar-refractivity contribution in [2.75, 3.05) is 39.3 Å². The average Bonchev–Trinajstić information content (AvgIpc) is 3.00. The van der Waals surface area contributed by atoms with Crippen LogP contribution in [0.3, 0.4) is 0 Å². The van der Waals surface area contributed by atoms with Gasteiger partial charge in [0.2, 0.25) is 0 Å².